The third kappa shape index (κ3) is 2.45. The Balaban J connectivity index is 1.99. The molecule has 1 aromatic carbocycles. The summed E-state index contributed by atoms with van der Waals surface area (Å²) in [5.41, 5.74) is 1.21. The molecule has 2 heterocycles. The van der Waals surface area contributed by atoms with Crippen molar-refractivity contribution in [3.05, 3.63) is 35.4 Å². The van der Waals surface area contributed by atoms with Gasteiger partial charge in [-0.25, -0.2) is 0 Å². The summed E-state index contributed by atoms with van der Waals surface area (Å²) in [6.07, 6.45) is -5.59. The van der Waals surface area contributed by atoms with Crippen LogP contribution in [0.25, 0.3) is 0 Å². The smallest absolute Gasteiger partial charge is 0.339 e. The van der Waals surface area contributed by atoms with E-state index in [0.29, 0.717) is 0 Å². The largest absolute Gasteiger partial charge is 0.446 e. The average molecular weight is 301 g/mol. The van der Waals surface area contributed by atoms with Gasteiger partial charge in [-0.3, -0.25) is 0 Å². The maximum absolute atomic E-state index is 13.3. The number of aryl methyl sites for hydroxylation is 1. The average Bonchev–Trinajstić information content (AvgIpc) is 3.09. The standard InChI is InChI=1S/C15H18F3NO2/c1-9-5-4-6-10(7-9)11-12-14(21-12,15(16,17)18)20-8-13(2,3)19-11/h4-7,11-12,19H,8H2,1-3H3/t11-,12+,14-/m1/s1. The van der Waals surface area contributed by atoms with Crippen LogP contribution >= 0.6 is 0 Å². The zero-order valence-corrected chi connectivity index (χ0v) is 12.1. The van der Waals surface area contributed by atoms with Gasteiger partial charge in [0.2, 0.25) is 0 Å². The van der Waals surface area contributed by atoms with E-state index in [-0.39, 0.29) is 6.61 Å². The van der Waals surface area contributed by atoms with Crippen LogP contribution in [0.1, 0.15) is 31.0 Å². The highest BCUT2D eigenvalue weighted by molar-refractivity contribution is 5.29. The molecular formula is C15H18F3NO2. The summed E-state index contributed by atoms with van der Waals surface area (Å²) in [5, 5.41) is 3.24. The van der Waals surface area contributed by atoms with Gasteiger partial charge in [0.15, 0.2) is 0 Å². The third-order valence-corrected chi connectivity index (χ3v) is 3.91. The summed E-state index contributed by atoms with van der Waals surface area (Å²) >= 11 is 0. The molecule has 1 aromatic rings. The monoisotopic (exact) mass is 301 g/mol. The second kappa shape index (κ2) is 4.44. The normalized spacial score (nSPS) is 35.0. The summed E-state index contributed by atoms with van der Waals surface area (Å²) in [7, 11) is 0. The maximum Gasteiger partial charge on any atom is 0.446 e. The number of benzene rings is 1. The molecule has 0 amide bonds. The van der Waals surface area contributed by atoms with Crippen LogP contribution < -0.4 is 5.32 Å². The molecule has 0 aromatic heterocycles. The Kier molecular flexibility index (Phi) is 3.13. The number of hydrogen-bond donors (Lipinski definition) is 1. The van der Waals surface area contributed by atoms with Crippen molar-refractivity contribution in [2.75, 3.05) is 6.61 Å². The lowest BCUT2D eigenvalue weighted by atomic mass is 9.96. The van der Waals surface area contributed by atoms with Crippen molar-refractivity contribution in [3.63, 3.8) is 0 Å². The number of halogens is 3. The minimum absolute atomic E-state index is 0.0642. The quantitative estimate of drug-likeness (QED) is 0.809. The lowest BCUT2D eigenvalue weighted by Gasteiger charge is -2.29. The minimum Gasteiger partial charge on any atom is -0.339 e. The topological polar surface area (TPSA) is 33.8 Å². The molecule has 3 rings (SSSR count). The van der Waals surface area contributed by atoms with Crippen molar-refractivity contribution in [2.24, 2.45) is 0 Å². The van der Waals surface area contributed by atoms with Gasteiger partial charge >= 0.3 is 6.18 Å². The fourth-order valence-corrected chi connectivity index (χ4v) is 2.82. The van der Waals surface area contributed by atoms with Gasteiger partial charge in [0.1, 0.15) is 6.10 Å². The number of fused-ring (bicyclic) bond motifs is 1. The zero-order chi connectivity index (χ0) is 15.5. The van der Waals surface area contributed by atoms with Gasteiger partial charge in [-0.05, 0) is 26.3 Å². The van der Waals surface area contributed by atoms with Crippen LogP contribution in [0, 0.1) is 6.92 Å². The van der Waals surface area contributed by atoms with Crippen LogP contribution in [-0.2, 0) is 9.47 Å². The first kappa shape index (κ1) is 14.8. The molecule has 1 N–H and O–H groups in total. The SMILES string of the molecule is Cc1cccc([C@H]2NC(C)(C)CO[C@@]3(C(F)(F)F)O[C@@H]23)c1. The lowest BCUT2D eigenvalue weighted by Crippen LogP contribution is -2.45. The van der Waals surface area contributed by atoms with E-state index in [2.05, 4.69) is 5.32 Å². The first-order valence-electron chi connectivity index (χ1n) is 6.87. The predicted molar refractivity (Wildman–Crippen MR) is 70.7 cm³/mol. The van der Waals surface area contributed by atoms with E-state index < -0.39 is 29.6 Å². The molecule has 116 valence electrons. The van der Waals surface area contributed by atoms with Crippen molar-refractivity contribution in [3.8, 4) is 0 Å². The number of hydrogen-bond acceptors (Lipinski definition) is 3. The molecule has 0 saturated carbocycles. The van der Waals surface area contributed by atoms with E-state index in [4.69, 9.17) is 9.47 Å². The first-order chi connectivity index (χ1) is 9.65. The van der Waals surface area contributed by atoms with E-state index >= 15 is 0 Å². The number of nitrogens with one attached hydrogen (secondary N) is 1. The second-order valence-corrected chi connectivity index (χ2v) is 6.41. The van der Waals surface area contributed by atoms with E-state index in [1.807, 2.05) is 45.0 Å². The Hall–Kier alpha value is -1.11. The molecule has 0 aliphatic carbocycles. The molecule has 0 spiro atoms. The van der Waals surface area contributed by atoms with Crippen molar-refractivity contribution >= 4 is 0 Å². The van der Waals surface area contributed by atoms with Crippen LogP contribution in [0.2, 0.25) is 0 Å². The van der Waals surface area contributed by atoms with Crippen LogP contribution in [0.4, 0.5) is 13.2 Å². The lowest BCUT2D eigenvalue weighted by molar-refractivity contribution is -0.273. The summed E-state index contributed by atoms with van der Waals surface area (Å²) in [4.78, 5) is 0. The molecular weight excluding hydrogens is 283 g/mol. The molecule has 3 atom stereocenters. The molecule has 3 nitrogen and oxygen atoms in total. The van der Waals surface area contributed by atoms with Crippen molar-refractivity contribution < 1.29 is 22.6 Å². The highest BCUT2D eigenvalue weighted by Gasteiger charge is 2.78. The van der Waals surface area contributed by atoms with Crippen LogP contribution in [-0.4, -0.2) is 30.2 Å². The summed E-state index contributed by atoms with van der Waals surface area (Å²) < 4.78 is 50.0. The van der Waals surface area contributed by atoms with E-state index in [1.54, 1.807) is 0 Å². The van der Waals surface area contributed by atoms with Gasteiger partial charge in [0, 0.05) is 5.54 Å². The fourth-order valence-electron chi connectivity index (χ4n) is 2.82. The number of alkyl halides is 3. The van der Waals surface area contributed by atoms with Gasteiger partial charge in [-0.15, -0.1) is 0 Å². The summed E-state index contributed by atoms with van der Waals surface area (Å²) in [5.74, 6) is -2.47. The van der Waals surface area contributed by atoms with Crippen molar-refractivity contribution in [2.45, 2.75) is 50.4 Å². The molecule has 21 heavy (non-hydrogen) atoms. The molecule has 0 bridgehead atoms. The minimum atomic E-state index is -4.54. The number of ether oxygens (including phenoxy) is 2. The molecule has 2 fully saturated rings. The number of epoxide rings is 1. The van der Waals surface area contributed by atoms with Crippen LogP contribution in [0.5, 0.6) is 0 Å². The Morgan fingerprint density at radius 2 is 2.00 bits per heavy atom. The molecule has 6 heteroatoms. The molecule has 2 aliphatic rings. The van der Waals surface area contributed by atoms with E-state index in [0.717, 1.165) is 11.1 Å². The van der Waals surface area contributed by atoms with Gasteiger partial charge in [0.25, 0.3) is 5.79 Å². The van der Waals surface area contributed by atoms with Gasteiger partial charge < -0.3 is 14.8 Å². The molecule has 2 saturated heterocycles. The summed E-state index contributed by atoms with van der Waals surface area (Å²) in [6.45, 7) is 5.49. The van der Waals surface area contributed by atoms with E-state index in [9.17, 15) is 13.2 Å². The van der Waals surface area contributed by atoms with Gasteiger partial charge in [-0.1, -0.05) is 29.8 Å². The van der Waals surface area contributed by atoms with E-state index in [1.165, 1.54) is 0 Å². The Morgan fingerprint density at radius 3 is 2.62 bits per heavy atom. The Bertz CT molecular complexity index is 558. The third-order valence-electron chi connectivity index (χ3n) is 3.91. The highest BCUT2D eigenvalue weighted by Crippen LogP contribution is 2.56. The Morgan fingerprint density at radius 1 is 1.29 bits per heavy atom. The number of rotatable bonds is 1. The van der Waals surface area contributed by atoms with Gasteiger partial charge in [-0.2, -0.15) is 13.2 Å². The highest BCUT2D eigenvalue weighted by atomic mass is 19.4. The van der Waals surface area contributed by atoms with Crippen LogP contribution in [0.3, 0.4) is 0 Å². The molecule has 2 aliphatic heterocycles. The summed E-state index contributed by atoms with van der Waals surface area (Å²) in [6, 6.07) is 6.88. The predicted octanol–water partition coefficient (Wildman–Crippen LogP) is 3.09. The molecule has 0 unspecified atom stereocenters. The van der Waals surface area contributed by atoms with Crippen molar-refractivity contribution in [1.82, 2.24) is 5.32 Å². The Labute approximate surface area is 121 Å². The first-order valence-corrected chi connectivity index (χ1v) is 6.87. The van der Waals surface area contributed by atoms with Crippen molar-refractivity contribution in [1.29, 1.82) is 0 Å². The molecule has 0 radical (unpaired) electrons. The van der Waals surface area contributed by atoms with Crippen LogP contribution in [0.15, 0.2) is 24.3 Å². The maximum atomic E-state index is 13.3. The fraction of sp³-hybridized carbons (Fsp3) is 0.600. The van der Waals surface area contributed by atoms with Gasteiger partial charge in [0.05, 0.1) is 12.6 Å². The zero-order valence-electron chi connectivity index (χ0n) is 12.1. The second-order valence-electron chi connectivity index (χ2n) is 6.41.